The normalized spacial score (nSPS) is 11.0. The van der Waals surface area contributed by atoms with Crippen LogP contribution in [0.3, 0.4) is 0 Å². The smallest absolute Gasteiger partial charge is 0.410 e. The van der Waals surface area contributed by atoms with E-state index in [0.29, 0.717) is 32.5 Å². The third-order valence-electron chi connectivity index (χ3n) is 3.10. The summed E-state index contributed by atoms with van der Waals surface area (Å²) >= 11 is 0. The van der Waals surface area contributed by atoms with E-state index in [2.05, 4.69) is 10.3 Å². The fourth-order valence-electron chi connectivity index (χ4n) is 1.93. The summed E-state index contributed by atoms with van der Waals surface area (Å²) in [5.74, 6) is -0.0332. The van der Waals surface area contributed by atoms with Crippen molar-refractivity contribution in [3.05, 3.63) is 30.1 Å². The van der Waals surface area contributed by atoms with Crippen LogP contribution in [-0.4, -0.2) is 47.1 Å². The zero-order valence-electron chi connectivity index (χ0n) is 14.5. The number of amides is 2. The molecule has 2 amide bonds. The average Bonchev–Trinajstić information content (AvgIpc) is 2.48. The van der Waals surface area contributed by atoms with Gasteiger partial charge in [-0.3, -0.25) is 9.78 Å². The van der Waals surface area contributed by atoms with Gasteiger partial charge in [0, 0.05) is 38.4 Å². The molecule has 128 valence electrons. The van der Waals surface area contributed by atoms with E-state index in [1.165, 1.54) is 0 Å². The lowest BCUT2D eigenvalue weighted by molar-refractivity contribution is -0.121. The van der Waals surface area contributed by atoms with Crippen LogP contribution in [0.1, 0.15) is 39.7 Å². The fourth-order valence-corrected chi connectivity index (χ4v) is 1.93. The molecule has 0 spiro atoms. The summed E-state index contributed by atoms with van der Waals surface area (Å²) in [5.41, 5.74) is 0.517. The highest BCUT2D eigenvalue weighted by Crippen LogP contribution is 2.09. The lowest BCUT2D eigenvalue weighted by Gasteiger charge is -2.26. The molecule has 1 heterocycles. The first-order valence-electron chi connectivity index (χ1n) is 7.95. The van der Waals surface area contributed by atoms with Gasteiger partial charge in [-0.1, -0.05) is 6.07 Å². The molecule has 0 aromatic carbocycles. The summed E-state index contributed by atoms with van der Waals surface area (Å²) in [6, 6.07) is 3.80. The van der Waals surface area contributed by atoms with Gasteiger partial charge in [-0.15, -0.1) is 0 Å². The van der Waals surface area contributed by atoms with Crippen LogP contribution in [-0.2, 0) is 16.0 Å². The number of hydrogen-bond acceptors (Lipinski definition) is 4. The summed E-state index contributed by atoms with van der Waals surface area (Å²) in [5, 5.41) is 2.83. The van der Waals surface area contributed by atoms with Crippen LogP contribution in [0.2, 0.25) is 0 Å². The van der Waals surface area contributed by atoms with Crippen LogP contribution in [0.25, 0.3) is 0 Å². The molecule has 0 fully saturated rings. The van der Waals surface area contributed by atoms with Crippen molar-refractivity contribution in [2.45, 2.75) is 46.1 Å². The number of carbonyl (C=O) groups is 2. The van der Waals surface area contributed by atoms with Gasteiger partial charge in [0.1, 0.15) is 5.60 Å². The molecular weight excluding hydrogens is 294 g/mol. The predicted octanol–water partition coefficient (Wildman–Crippen LogP) is 2.39. The third-order valence-corrected chi connectivity index (χ3v) is 3.10. The first kappa shape index (κ1) is 18.9. The molecule has 1 rings (SSSR count). The Kier molecular flexibility index (Phi) is 7.51. The Hall–Kier alpha value is -2.11. The van der Waals surface area contributed by atoms with Gasteiger partial charge < -0.3 is 15.0 Å². The van der Waals surface area contributed by atoms with E-state index >= 15 is 0 Å². The van der Waals surface area contributed by atoms with Crippen molar-refractivity contribution < 1.29 is 14.3 Å². The van der Waals surface area contributed by atoms with E-state index < -0.39 is 5.60 Å². The molecule has 0 aliphatic rings. The Morgan fingerprint density at radius 1 is 1.35 bits per heavy atom. The first-order valence-corrected chi connectivity index (χ1v) is 7.95. The Bertz CT molecular complexity index is 498. The number of pyridine rings is 1. The lowest BCUT2D eigenvalue weighted by Crippen LogP contribution is -2.41. The Balaban J connectivity index is 2.28. The molecule has 0 unspecified atom stereocenters. The second-order valence-corrected chi connectivity index (χ2v) is 6.27. The standard InChI is InChI=1S/C17H27N3O3/c1-5-20(16(22)23-17(2,3)4)12-11-19-15(21)9-8-14-7-6-10-18-13-14/h6-7,10,13H,5,8-9,11-12H2,1-4H3,(H,19,21). The number of aryl methyl sites for hydroxylation is 1. The molecule has 0 saturated heterocycles. The summed E-state index contributed by atoms with van der Waals surface area (Å²) < 4.78 is 5.32. The van der Waals surface area contributed by atoms with E-state index in [4.69, 9.17) is 4.74 Å². The maximum atomic E-state index is 12.0. The van der Waals surface area contributed by atoms with Gasteiger partial charge >= 0.3 is 6.09 Å². The molecule has 1 aromatic heterocycles. The molecule has 0 bridgehead atoms. The summed E-state index contributed by atoms with van der Waals surface area (Å²) in [7, 11) is 0. The number of carbonyl (C=O) groups excluding carboxylic acids is 2. The zero-order valence-corrected chi connectivity index (χ0v) is 14.5. The van der Waals surface area contributed by atoms with Gasteiger partial charge in [-0.25, -0.2) is 4.79 Å². The van der Waals surface area contributed by atoms with Gasteiger partial charge in [0.25, 0.3) is 0 Å². The quantitative estimate of drug-likeness (QED) is 0.837. The fraction of sp³-hybridized carbons (Fsp3) is 0.588. The Morgan fingerprint density at radius 2 is 2.09 bits per heavy atom. The van der Waals surface area contributed by atoms with Gasteiger partial charge in [-0.2, -0.15) is 0 Å². The molecule has 6 heteroatoms. The third kappa shape index (κ3) is 8.18. The van der Waals surface area contributed by atoms with Crippen LogP contribution < -0.4 is 5.32 Å². The molecule has 23 heavy (non-hydrogen) atoms. The number of rotatable bonds is 7. The van der Waals surface area contributed by atoms with Crippen molar-refractivity contribution in [2.24, 2.45) is 0 Å². The molecule has 6 nitrogen and oxygen atoms in total. The van der Waals surface area contributed by atoms with Gasteiger partial charge in [0.2, 0.25) is 5.91 Å². The maximum Gasteiger partial charge on any atom is 0.410 e. The monoisotopic (exact) mass is 321 g/mol. The molecule has 0 radical (unpaired) electrons. The van der Waals surface area contributed by atoms with E-state index in [9.17, 15) is 9.59 Å². The highest BCUT2D eigenvalue weighted by molar-refractivity contribution is 5.76. The van der Waals surface area contributed by atoms with E-state index in [1.807, 2.05) is 39.8 Å². The molecule has 1 aromatic rings. The van der Waals surface area contributed by atoms with Crippen LogP contribution in [0, 0.1) is 0 Å². The summed E-state index contributed by atoms with van der Waals surface area (Å²) in [6.45, 7) is 8.77. The number of likely N-dealkylation sites (N-methyl/N-ethyl adjacent to an activating group) is 1. The minimum absolute atomic E-state index is 0.0332. The zero-order chi connectivity index (χ0) is 17.3. The maximum absolute atomic E-state index is 12.0. The minimum Gasteiger partial charge on any atom is -0.444 e. The first-order chi connectivity index (χ1) is 10.8. The second-order valence-electron chi connectivity index (χ2n) is 6.27. The molecule has 0 saturated carbocycles. The van der Waals surface area contributed by atoms with Crippen LogP contribution in [0.15, 0.2) is 24.5 Å². The minimum atomic E-state index is -0.516. The number of hydrogen-bond donors (Lipinski definition) is 1. The number of aromatic nitrogens is 1. The summed E-state index contributed by atoms with van der Waals surface area (Å²) in [4.78, 5) is 29.4. The molecular formula is C17H27N3O3. The van der Waals surface area contributed by atoms with Crippen LogP contribution in [0.4, 0.5) is 4.79 Å². The Labute approximate surface area is 138 Å². The van der Waals surface area contributed by atoms with Gasteiger partial charge in [0.05, 0.1) is 0 Å². The average molecular weight is 321 g/mol. The number of ether oxygens (including phenoxy) is 1. The SMILES string of the molecule is CCN(CCNC(=O)CCc1cccnc1)C(=O)OC(C)(C)C. The summed E-state index contributed by atoms with van der Waals surface area (Å²) in [6.07, 6.45) is 4.17. The van der Waals surface area contributed by atoms with Crippen molar-refractivity contribution >= 4 is 12.0 Å². The van der Waals surface area contributed by atoms with Crippen molar-refractivity contribution in [3.8, 4) is 0 Å². The van der Waals surface area contributed by atoms with Crippen molar-refractivity contribution in [2.75, 3.05) is 19.6 Å². The number of nitrogens with zero attached hydrogens (tertiary/aromatic N) is 2. The molecule has 0 atom stereocenters. The number of nitrogens with one attached hydrogen (secondary N) is 1. The second kappa shape index (κ2) is 9.12. The highest BCUT2D eigenvalue weighted by Gasteiger charge is 2.20. The van der Waals surface area contributed by atoms with Gasteiger partial charge in [-0.05, 0) is 45.7 Å². The largest absolute Gasteiger partial charge is 0.444 e. The molecule has 0 aliphatic carbocycles. The van der Waals surface area contributed by atoms with Crippen molar-refractivity contribution in [3.63, 3.8) is 0 Å². The van der Waals surface area contributed by atoms with E-state index in [0.717, 1.165) is 5.56 Å². The van der Waals surface area contributed by atoms with Crippen LogP contribution in [0.5, 0.6) is 0 Å². The van der Waals surface area contributed by atoms with E-state index in [1.54, 1.807) is 17.3 Å². The Morgan fingerprint density at radius 3 is 2.65 bits per heavy atom. The van der Waals surface area contributed by atoms with Gasteiger partial charge in [0.15, 0.2) is 0 Å². The van der Waals surface area contributed by atoms with E-state index in [-0.39, 0.29) is 12.0 Å². The van der Waals surface area contributed by atoms with Crippen LogP contribution >= 0.6 is 0 Å². The topological polar surface area (TPSA) is 71.5 Å². The van der Waals surface area contributed by atoms with Crippen molar-refractivity contribution in [1.82, 2.24) is 15.2 Å². The molecule has 0 aliphatic heterocycles. The van der Waals surface area contributed by atoms with Crippen molar-refractivity contribution in [1.29, 1.82) is 0 Å². The lowest BCUT2D eigenvalue weighted by atomic mass is 10.1. The predicted molar refractivity (Wildman–Crippen MR) is 89.0 cm³/mol. The highest BCUT2D eigenvalue weighted by atomic mass is 16.6. The molecule has 1 N–H and O–H groups in total.